The molecule has 0 aliphatic heterocycles. The summed E-state index contributed by atoms with van der Waals surface area (Å²) in [5.74, 6) is -0.234. The quantitative estimate of drug-likeness (QED) is 0.425. The Bertz CT molecular complexity index is 1230. The first-order valence-corrected chi connectivity index (χ1v) is 8.87. The third kappa shape index (κ3) is 4.38. The Balaban J connectivity index is 1.67. The van der Waals surface area contributed by atoms with E-state index in [9.17, 15) is 18.0 Å². The van der Waals surface area contributed by atoms with Gasteiger partial charge >= 0.3 is 12.1 Å². The first-order chi connectivity index (χ1) is 14.3. The van der Waals surface area contributed by atoms with Gasteiger partial charge in [-0.2, -0.15) is 4.98 Å². The molecule has 0 radical (unpaired) electrons. The Morgan fingerprint density at radius 1 is 1.27 bits per heavy atom. The monoisotopic (exact) mass is 439 g/mol. The van der Waals surface area contributed by atoms with Gasteiger partial charge in [-0.3, -0.25) is 4.57 Å². The van der Waals surface area contributed by atoms with Gasteiger partial charge in [0.25, 0.3) is 0 Å². The summed E-state index contributed by atoms with van der Waals surface area (Å²) in [6, 6.07) is 3.66. The lowest BCUT2D eigenvalue weighted by Gasteiger charge is -2.14. The summed E-state index contributed by atoms with van der Waals surface area (Å²) in [4.78, 5) is 30.2. The summed E-state index contributed by atoms with van der Waals surface area (Å²) >= 11 is 5.93. The Hall–Kier alpha value is -3.54. The minimum atomic E-state index is -4.89. The van der Waals surface area contributed by atoms with E-state index in [0.717, 1.165) is 11.8 Å². The van der Waals surface area contributed by atoms with Crippen LogP contribution in [0.5, 0.6) is 5.75 Å². The molecule has 4 rings (SSSR count). The van der Waals surface area contributed by atoms with E-state index in [2.05, 4.69) is 35.0 Å². The number of H-pyrrole nitrogens is 2. The predicted octanol–water partition coefficient (Wildman–Crippen LogP) is 3.06. The fraction of sp³-hybridized carbons (Fsp3) is 0.176. The fourth-order valence-corrected chi connectivity index (χ4v) is 2.99. The number of fused-ring (bicyclic) bond motifs is 1. The van der Waals surface area contributed by atoms with Gasteiger partial charge in [0.2, 0.25) is 5.95 Å². The molecule has 0 unspecified atom stereocenters. The summed E-state index contributed by atoms with van der Waals surface area (Å²) in [5, 5.41) is 3.17. The third-order valence-corrected chi connectivity index (χ3v) is 4.31. The Morgan fingerprint density at radius 3 is 2.83 bits per heavy atom. The number of hydrogen-bond donors (Lipinski definition) is 3. The highest BCUT2D eigenvalue weighted by Crippen LogP contribution is 2.29. The van der Waals surface area contributed by atoms with Crippen molar-refractivity contribution < 1.29 is 17.9 Å². The van der Waals surface area contributed by atoms with Gasteiger partial charge in [0, 0.05) is 16.8 Å². The third-order valence-electron chi connectivity index (χ3n) is 4.08. The number of aromatic amines is 2. The van der Waals surface area contributed by atoms with E-state index in [1.54, 1.807) is 6.20 Å². The van der Waals surface area contributed by atoms with Crippen LogP contribution < -0.4 is 15.7 Å². The van der Waals surface area contributed by atoms with Crippen molar-refractivity contribution in [2.75, 3.05) is 5.32 Å². The first-order valence-electron chi connectivity index (χ1n) is 8.49. The number of ether oxygens (including phenoxy) is 1. The fourth-order valence-electron chi connectivity index (χ4n) is 2.80. The second-order valence-corrected chi connectivity index (χ2v) is 6.61. The van der Waals surface area contributed by atoms with Crippen LogP contribution in [0, 0.1) is 0 Å². The maximum absolute atomic E-state index is 12.7. The number of hydrogen-bond acceptors (Lipinski definition) is 6. The van der Waals surface area contributed by atoms with Gasteiger partial charge in [0.05, 0.1) is 31.3 Å². The molecule has 3 heterocycles. The van der Waals surface area contributed by atoms with Crippen LogP contribution in [0.15, 0.2) is 41.7 Å². The lowest BCUT2D eigenvalue weighted by atomic mass is 10.2. The molecule has 9 nitrogen and oxygen atoms in total. The zero-order valence-electron chi connectivity index (χ0n) is 15.0. The number of halogens is 4. The molecular weight excluding hydrogens is 427 g/mol. The Morgan fingerprint density at radius 2 is 2.10 bits per heavy atom. The van der Waals surface area contributed by atoms with E-state index >= 15 is 0 Å². The average molecular weight is 440 g/mol. The average Bonchev–Trinajstić information content (AvgIpc) is 3.29. The number of nitrogens with one attached hydrogen (secondary N) is 3. The van der Waals surface area contributed by atoms with Gasteiger partial charge in [0.15, 0.2) is 5.65 Å². The summed E-state index contributed by atoms with van der Waals surface area (Å²) < 4.78 is 43.4. The molecule has 0 fully saturated rings. The number of benzene rings is 1. The Labute approximate surface area is 170 Å². The van der Waals surface area contributed by atoms with Crippen LogP contribution >= 0.6 is 11.6 Å². The lowest BCUT2D eigenvalue weighted by molar-refractivity contribution is -0.274. The molecule has 3 N–H and O–H groups in total. The molecular formula is C17H13ClF3N7O2. The molecule has 0 aliphatic rings. The SMILES string of the molecule is O=c1[nH]c2cnc(NCc3cnc[nH]3)nc2n1Cc1cc(Cl)ccc1OC(F)(F)F. The highest BCUT2D eigenvalue weighted by Gasteiger charge is 2.32. The minimum absolute atomic E-state index is 0.0633. The summed E-state index contributed by atoms with van der Waals surface area (Å²) in [6.45, 7) is 0.111. The number of imidazole rings is 2. The van der Waals surface area contributed by atoms with Gasteiger partial charge in [-0.25, -0.2) is 14.8 Å². The van der Waals surface area contributed by atoms with Gasteiger partial charge in [-0.15, -0.1) is 13.2 Å². The normalized spacial score (nSPS) is 11.7. The highest BCUT2D eigenvalue weighted by molar-refractivity contribution is 6.30. The number of rotatable bonds is 6. The number of nitrogens with zero attached hydrogens (tertiary/aromatic N) is 4. The van der Waals surface area contributed by atoms with E-state index in [1.165, 1.54) is 29.2 Å². The van der Waals surface area contributed by atoms with Crippen molar-refractivity contribution in [1.82, 2.24) is 29.5 Å². The molecule has 0 aliphatic carbocycles. The number of aromatic nitrogens is 6. The predicted molar refractivity (Wildman–Crippen MR) is 101 cm³/mol. The second-order valence-electron chi connectivity index (χ2n) is 6.18. The van der Waals surface area contributed by atoms with E-state index in [0.29, 0.717) is 12.1 Å². The van der Waals surface area contributed by atoms with Crippen molar-refractivity contribution in [3.63, 3.8) is 0 Å². The lowest BCUT2D eigenvalue weighted by Crippen LogP contribution is -2.21. The molecule has 0 saturated carbocycles. The van der Waals surface area contributed by atoms with Gasteiger partial charge in [-0.05, 0) is 18.2 Å². The van der Waals surface area contributed by atoms with E-state index in [1.807, 2.05) is 0 Å². The summed E-state index contributed by atoms with van der Waals surface area (Å²) in [5.41, 5.74) is 0.821. The molecule has 0 spiro atoms. The van der Waals surface area contributed by atoms with E-state index in [-0.39, 0.29) is 28.7 Å². The molecule has 1 aromatic carbocycles. The molecule has 0 saturated heterocycles. The Kier molecular flexibility index (Phi) is 5.08. The van der Waals surface area contributed by atoms with Crippen LogP contribution in [0.4, 0.5) is 19.1 Å². The molecule has 30 heavy (non-hydrogen) atoms. The summed E-state index contributed by atoms with van der Waals surface area (Å²) in [7, 11) is 0. The van der Waals surface area contributed by atoms with Crippen LogP contribution in [-0.2, 0) is 13.1 Å². The first kappa shape index (κ1) is 19.8. The van der Waals surface area contributed by atoms with Crippen molar-refractivity contribution >= 4 is 28.7 Å². The van der Waals surface area contributed by atoms with Crippen LogP contribution in [-0.4, -0.2) is 35.8 Å². The number of anilines is 1. The molecule has 0 bridgehead atoms. The van der Waals surface area contributed by atoms with Crippen LogP contribution in [0.1, 0.15) is 11.3 Å². The molecule has 0 amide bonds. The molecule has 0 atom stereocenters. The topological polar surface area (TPSA) is 114 Å². The van der Waals surface area contributed by atoms with Crippen molar-refractivity contribution in [3.05, 3.63) is 63.7 Å². The second kappa shape index (κ2) is 7.71. The minimum Gasteiger partial charge on any atom is -0.405 e. The van der Waals surface area contributed by atoms with Crippen molar-refractivity contribution in [1.29, 1.82) is 0 Å². The van der Waals surface area contributed by atoms with Gasteiger partial charge in [-0.1, -0.05) is 11.6 Å². The van der Waals surface area contributed by atoms with Crippen molar-refractivity contribution in [3.8, 4) is 5.75 Å². The summed E-state index contributed by atoms with van der Waals surface area (Å²) in [6.07, 6.45) is -0.337. The van der Waals surface area contributed by atoms with Gasteiger partial charge < -0.3 is 20.0 Å². The van der Waals surface area contributed by atoms with E-state index < -0.39 is 17.8 Å². The maximum atomic E-state index is 12.7. The van der Waals surface area contributed by atoms with E-state index in [4.69, 9.17) is 11.6 Å². The largest absolute Gasteiger partial charge is 0.573 e. The zero-order valence-corrected chi connectivity index (χ0v) is 15.8. The maximum Gasteiger partial charge on any atom is 0.573 e. The van der Waals surface area contributed by atoms with Crippen LogP contribution in [0.25, 0.3) is 11.2 Å². The van der Waals surface area contributed by atoms with Crippen LogP contribution in [0.3, 0.4) is 0 Å². The van der Waals surface area contributed by atoms with Crippen molar-refractivity contribution in [2.45, 2.75) is 19.5 Å². The van der Waals surface area contributed by atoms with Gasteiger partial charge in [0.1, 0.15) is 11.3 Å². The highest BCUT2D eigenvalue weighted by atomic mass is 35.5. The van der Waals surface area contributed by atoms with Crippen LogP contribution in [0.2, 0.25) is 5.02 Å². The number of alkyl halides is 3. The van der Waals surface area contributed by atoms with Crippen molar-refractivity contribution in [2.24, 2.45) is 0 Å². The molecule has 13 heteroatoms. The molecule has 4 aromatic rings. The molecule has 156 valence electrons. The molecule has 3 aromatic heterocycles. The smallest absolute Gasteiger partial charge is 0.405 e. The standard InChI is InChI=1S/C17H13ClF3N7O2/c18-10-1-2-13(30-17(19,20)21)9(3-10)7-28-14-12(26-16(28)29)6-24-15(27-14)23-5-11-4-22-8-25-11/h1-4,6,8H,5,7H2,(H,22,25)(H,26,29)(H,23,24,27). The zero-order chi connectivity index (χ0) is 21.3.